The van der Waals surface area contributed by atoms with Crippen LogP contribution < -0.4 is 35.5 Å². The SMILES string of the molecule is C[Si]1(C)c2c(cc3c4c2CCCN4CCC3)C(c2c(F)c(F)c(F)c(F)c2C(=O)[O-])=c2cc3c4c(c21)CCC[N+]=4CCC3. The molecule has 0 amide bonds. The van der Waals surface area contributed by atoms with Gasteiger partial charge in [0.2, 0.25) is 5.36 Å². The van der Waals surface area contributed by atoms with Gasteiger partial charge in [-0.1, -0.05) is 13.1 Å². The third-order valence-electron chi connectivity index (χ3n) is 10.6. The van der Waals surface area contributed by atoms with E-state index in [0.717, 1.165) is 99.0 Å². The van der Waals surface area contributed by atoms with Crippen molar-refractivity contribution < 1.29 is 27.5 Å². The molecule has 8 rings (SSSR count). The van der Waals surface area contributed by atoms with Crippen LogP contribution in [0.2, 0.25) is 13.1 Å². The molecule has 0 radical (unpaired) electrons. The molecule has 0 atom stereocenters. The summed E-state index contributed by atoms with van der Waals surface area (Å²) in [5.41, 5.74) is 4.62. The van der Waals surface area contributed by atoms with Crippen molar-refractivity contribution in [2.24, 2.45) is 0 Å². The Morgan fingerprint density at radius 2 is 1.47 bits per heavy atom. The number of fused-ring (bicyclic) bond motifs is 4. The highest BCUT2D eigenvalue weighted by Crippen LogP contribution is 2.41. The highest BCUT2D eigenvalue weighted by atomic mass is 28.3. The zero-order valence-corrected chi connectivity index (χ0v) is 25.4. The fourth-order valence-corrected chi connectivity index (χ4v) is 13.1. The van der Waals surface area contributed by atoms with E-state index in [1.54, 1.807) is 0 Å². The van der Waals surface area contributed by atoms with Gasteiger partial charge in [0.05, 0.1) is 5.97 Å². The van der Waals surface area contributed by atoms with E-state index in [4.69, 9.17) is 0 Å². The molecule has 0 spiro atoms. The van der Waals surface area contributed by atoms with Crippen LogP contribution in [-0.2, 0) is 25.7 Å². The zero-order valence-electron chi connectivity index (χ0n) is 24.4. The molecule has 5 aliphatic rings. The summed E-state index contributed by atoms with van der Waals surface area (Å²) in [6, 6.07) is 4.04. The first-order valence-corrected chi connectivity index (χ1v) is 18.4. The van der Waals surface area contributed by atoms with E-state index in [1.807, 2.05) is 12.1 Å². The van der Waals surface area contributed by atoms with E-state index in [2.05, 4.69) is 22.6 Å². The molecule has 0 saturated carbocycles. The Hall–Kier alpha value is -3.46. The molecule has 0 saturated heterocycles. The van der Waals surface area contributed by atoms with Gasteiger partial charge in [-0.25, -0.2) is 22.1 Å². The van der Waals surface area contributed by atoms with Gasteiger partial charge < -0.3 is 14.8 Å². The normalized spacial score (nSPS) is 19.4. The maximum absolute atomic E-state index is 16.1. The molecule has 9 heteroatoms. The van der Waals surface area contributed by atoms with Gasteiger partial charge in [-0.2, -0.15) is 0 Å². The van der Waals surface area contributed by atoms with Crippen molar-refractivity contribution in [2.75, 3.05) is 31.1 Å². The van der Waals surface area contributed by atoms with E-state index in [9.17, 15) is 14.3 Å². The van der Waals surface area contributed by atoms with E-state index >= 15 is 13.2 Å². The fourth-order valence-electron chi connectivity index (χ4n) is 9.14. The molecule has 0 aromatic heterocycles. The van der Waals surface area contributed by atoms with Crippen LogP contribution in [0.4, 0.5) is 23.2 Å². The molecule has 0 unspecified atom stereocenters. The second-order valence-electron chi connectivity index (χ2n) is 13.3. The van der Waals surface area contributed by atoms with Gasteiger partial charge in [-0.15, -0.1) is 0 Å². The van der Waals surface area contributed by atoms with Crippen molar-refractivity contribution in [3.8, 4) is 0 Å². The van der Waals surface area contributed by atoms with Crippen LogP contribution in [0.5, 0.6) is 0 Å². The third-order valence-corrected chi connectivity index (χ3v) is 14.2. The lowest BCUT2D eigenvalue weighted by atomic mass is 9.83. The first-order valence-electron chi connectivity index (χ1n) is 15.4. The molecular weight excluding hydrogens is 572 g/mol. The van der Waals surface area contributed by atoms with Gasteiger partial charge >= 0.3 is 0 Å². The summed E-state index contributed by atoms with van der Waals surface area (Å²) in [6.45, 7) is 8.44. The molecule has 0 N–H and O–H groups in total. The van der Waals surface area contributed by atoms with Gasteiger partial charge in [0.15, 0.2) is 23.3 Å². The van der Waals surface area contributed by atoms with E-state index in [1.165, 1.54) is 22.2 Å². The average molecular weight is 605 g/mol. The lowest BCUT2D eigenvalue weighted by molar-refractivity contribution is -0.255. The van der Waals surface area contributed by atoms with E-state index in [0.29, 0.717) is 10.8 Å². The van der Waals surface area contributed by atoms with Crippen molar-refractivity contribution in [1.82, 2.24) is 4.58 Å². The molecule has 5 aliphatic heterocycles. The Bertz CT molecular complexity index is 1950. The number of anilines is 1. The van der Waals surface area contributed by atoms with Crippen molar-refractivity contribution in [3.63, 3.8) is 0 Å². The number of benzene rings is 3. The van der Waals surface area contributed by atoms with Crippen molar-refractivity contribution in [3.05, 3.63) is 84.9 Å². The van der Waals surface area contributed by atoms with Crippen molar-refractivity contribution >= 4 is 35.7 Å². The molecule has 0 bridgehead atoms. The Morgan fingerprint density at radius 1 is 0.814 bits per heavy atom. The molecule has 4 nitrogen and oxygen atoms in total. The van der Waals surface area contributed by atoms with Gasteiger partial charge in [0, 0.05) is 53.9 Å². The minimum Gasteiger partial charge on any atom is -0.545 e. The standard InChI is InChI=1S/C34H32F4N2O2Si/c1-43(2)32-19-9-5-13-39-11-3-7-17(30(19)39)15-21(32)23(24-25(34(41)42)27(36)29(38)28(37)26(24)35)22-16-18-8-4-12-40-14-6-10-20(31(18)40)33(22)43/h15-16H,3-14H2,1-2H3. The van der Waals surface area contributed by atoms with Crippen LogP contribution in [0.25, 0.3) is 5.57 Å². The first-order chi connectivity index (χ1) is 20.6. The fraction of sp³-hybridized carbons (Fsp3) is 0.412. The predicted octanol–water partition coefficient (Wildman–Crippen LogP) is 2.07. The second kappa shape index (κ2) is 9.27. The third kappa shape index (κ3) is 3.54. The minimum absolute atomic E-state index is 0.162. The Morgan fingerprint density at radius 3 is 2.21 bits per heavy atom. The van der Waals surface area contributed by atoms with Crippen LogP contribution in [0, 0.1) is 23.3 Å². The summed E-state index contributed by atoms with van der Waals surface area (Å²) in [6.07, 6.45) is 7.08. The molecule has 43 heavy (non-hydrogen) atoms. The van der Waals surface area contributed by atoms with Crippen molar-refractivity contribution in [1.29, 1.82) is 0 Å². The Kier molecular flexibility index (Phi) is 5.84. The molecular formula is C34H32F4N2O2Si. The summed E-state index contributed by atoms with van der Waals surface area (Å²) in [5, 5.41) is 16.5. The number of carboxylic acid groups (broad SMARTS) is 1. The summed E-state index contributed by atoms with van der Waals surface area (Å²) >= 11 is 0. The molecule has 222 valence electrons. The maximum atomic E-state index is 16.1. The molecule has 3 aromatic carbocycles. The Labute approximate surface area is 248 Å². The predicted molar refractivity (Wildman–Crippen MR) is 158 cm³/mol. The first kappa shape index (κ1) is 27.1. The smallest absolute Gasteiger partial charge is 0.206 e. The quantitative estimate of drug-likeness (QED) is 0.148. The number of nitrogens with zero attached hydrogens (tertiary/aromatic N) is 2. The molecule has 5 heterocycles. The van der Waals surface area contributed by atoms with Crippen LogP contribution in [0.3, 0.4) is 0 Å². The molecule has 0 aliphatic carbocycles. The van der Waals surface area contributed by atoms with Gasteiger partial charge in [0.25, 0.3) is 0 Å². The number of aromatic carboxylic acids is 1. The number of carbonyl (C=O) groups is 1. The largest absolute Gasteiger partial charge is 0.545 e. The monoisotopic (exact) mass is 604 g/mol. The molecule has 3 aromatic rings. The van der Waals surface area contributed by atoms with Gasteiger partial charge in [-0.3, -0.25) is 0 Å². The summed E-state index contributed by atoms with van der Waals surface area (Å²) < 4.78 is 63.6. The average Bonchev–Trinajstić information content (AvgIpc) is 2.98. The van der Waals surface area contributed by atoms with Crippen LogP contribution in [0.1, 0.15) is 69.4 Å². The molecule has 0 fully saturated rings. The number of carbonyl (C=O) groups excluding carboxylic acids is 1. The lowest BCUT2D eigenvalue weighted by Gasteiger charge is -2.44. The number of hydrogen-bond donors (Lipinski definition) is 0. The second-order valence-corrected chi connectivity index (χ2v) is 17.5. The number of carboxylic acids is 1. The van der Waals surface area contributed by atoms with E-state index < -0.39 is 48.4 Å². The number of hydrogen-bond acceptors (Lipinski definition) is 3. The lowest BCUT2D eigenvalue weighted by Crippen LogP contribution is -2.68. The van der Waals surface area contributed by atoms with Gasteiger partial charge in [0.1, 0.15) is 21.2 Å². The van der Waals surface area contributed by atoms with Crippen LogP contribution in [-0.4, -0.2) is 40.2 Å². The van der Waals surface area contributed by atoms with E-state index in [-0.39, 0.29) is 5.57 Å². The number of aryl methyl sites for hydroxylation is 2. The highest BCUT2D eigenvalue weighted by Gasteiger charge is 2.45. The minimum atomic E-state index is -2.57. The van der Waals surface area contributed by atoms with Crippen molar-refractivity contribution in [2.45, 2.75) is 64.5 Å². The topological polar surface area (TPSA) is 46.4 Å². The highest BCUT2D eigenvalue weighted by molar-refractivity contribution is 7.02. The maximum Gasteiger partial charge on any atom is 0.206 e. The summed E-state index contributed by atoms with van der Waals surface area (Å²) in [7, 11) is -2.57. The number of halogens is 4. The Balaban J connectivity index is 1.65. The van der Waals surface area contributed by atoms with Crippen LogP contribution in [0.15, 0.2) is 12.1 Å². The zero-order chi connectivity index (χ0) is 29.9. The number of rotatable bonds is 2. The van der Waals surface area contributed by atoms with Gasteiger partial charge in [-0.05, 0) is 88.5 Å². The summed E-state index contributed by atoms with van der Waals surface area (Å²) in [4.78, 5) is 14.9. The van der Waals surface area contributed by atoms with Crippen LogP contribution >= 0.6 is 0 Å². The summed E-state index contributed by atoms with van der Waals surface area (Å²) in [5.74, 6) is -9.83.